The highest BCUT2D eigenvalue weighted by atomic mass is 79.9. The van der Waals surface area contributed by atoms with Crippen molar-refractivity contribution in [2.45, 2.75) is 52.8 Å². The largest absolute Gasteiger partial charge is 0.508 e. The topological polar surface area (TPSA) is 61.8 Å². The Morgan fingerprint density at radius 2 is 2.04 bits per heavy atom. The zero-order valence-corrected chi connectivity index (χ0v) is 16.1. The molecule has 1 aromatic rings. The number of nitrogens with one attached hydrogen (secondary N) is 1. The Kier molecular flexibility index (Phi) is 7.35. The van der Waals surface area contributed by atoms with E-state index in [0.717, 1.165) is 10.0 Å². The maximum absolute atomic E-state index is 12.2. The van der Waals surface area contributed by atoms with Gasteiger partial charge in [0.1, 0.15) is 11.4 Å². The second-order valence-electron chi connectivity index (χ2n) is 6.72. The first-order valence-corrected chi connectivity index (χ1v) is 8.57. The van der Waals surface area contributed by atoms with Crippen LogP contribution in [0.4, 0.5) is 4.79 Å². The lowest BCUT2D eigenvalue weighted by molar-refractivity contribution is 0.0193. The van der Waals surface area contributed by atoms with E-state index in [4.69, 9.17) is 4.74 Å². The molecule has 23 heavy (non-hydrogen) atoms. The third-order valence-corrected chi connectivity index (χ3v) is 3.63. The van der Waals surface area contributed by atoms with Crippen LogP contribution in [0.25, 0.3) is 0 Å². The summed E-state index contributed by atoms with van der Waals surface area (Å²) >= 11 is 3.39. The van der Waals surface area contributed by atoms with Crippen molar-refractivity contribution in [2.24, 2.45) is 0 Å². The number of halogens is 1. The molecule has 1 aromatic carbocycles. The number of amides is 1. The number of rotatable bonds is 6. The molecule has 2 N–H and O–H groups in total. The Labute approximate surface area is 147 Å². The van der Waals surface area contributed by atoms with Gasteiger partial charge in [-0.05, 0) is 52.8 Å². The van der Waals surface area contributed by atoms with Gasteiger partial charge >= 0.3 is 6.09 Å². The molecule has 1 rings (SSSR count). The van der Waals surface area contributed by atoms with Crippen molar-refractivity contribution >= 4 is 22.0 Å². The fourth-order valence-electron chi connectivity index (χ4n) is 2.00. The van der Waals surface area contributed by atoms with E-state index < -0.39 is 5.60 Å². The second-order valence-corrected chi connectivity index (χ2v) is 7.63. The van der Waals surface area contributed by atoms with Crippen LogP contribution in [0.3, 0.4) is 0 Å². The van der Waals surface area contributed by atoms with Crippen molar-refractivity contribution in [2.75, 3.05) is 13.1 Å². The standard InChI is InChI=1S/C17H27BrN2O3/c1-12(2)20(16(22)23-17(3,4)5)9-8-19-11-13-10-14(18)6-7-15(13)21/h6-7,10,12,19,21H,8-9,11H2,1-5H3. The van der Waals surface area contributed by atoms with Gasteiger partial charge < -0.3 is 20.1 Å². The number of ether oxygens (including phenoxy) is 1. The van der Waals surface area contributed by atoms with E-state index in [0.29, 0.717) is 19.6 Å². The molecule has 0 unspecified atom stereocenters. The van der Waals surface area contributed by atoms with Crippen LogP contribution in [-0.4, -0.2) is 40.8 Å². The molecule has 0 fully saturated rings. The number of phenolic OH excluding ortho intramolecular Hbond substituents is 1. The van der Waals surface area contributed by atoms with Gasteiger partial charge in [-0.3, -0.25) is 0 Å². The van der Waals surface area contributed by atoms with Crippen LogP contribution in [0, 0.1) is 0 Å². The molecule has 0 heterocycles. The molecule has 5 nitrogen and oxygen atoms in total. The number of hydrogen-bond acceptors (Lipinski definition) is 4. The summed E-state index contributed by atoms with van der Waals surface area (Å²) in [5, 5.41) is 13.0. The Morgan fingerprint density at radius 1 is 1.39 bits per heavy atom. The van der Waals surface area contributed by atoms with Crippen LogP contribution in [0.2, 0.25) is 0 Å². The van der Waals surface area contributed by atoms with E-state index in [9.17, 15) is 9.90 Å². The van der Waals surface area contributed by atoms with E-state index in [1.165, 1.54) is 0 Å². The van der Waals surface area contributed by atoms with Crippen LogP contribution in [0.1, 0.15) is 40.2 Å². The summed E-state index contributed by atoms with van der Waals surface area (Å²) in [6, 6.07) is 5.38. The molecule has 0 aliphatic heterocycles. The maximum atomic E-state index is 12.2. The molecule has 130 valence electrons. The number of carbonyl (C=O) groups is 1. The van der Waals surface area contributed by atoms with Gasteiger partial charge in [-0.2, -0.15) is 0 Å². The molecule has 0 bridgehead atoms. The first kappa shape index (κ1) is 19.8. The summed E-state index contributed by atoms with van der Waals surface area (Å²) in [5.41, 5.74) is 0.312. The van der Waals surface area contributed by atoms with Gasteiger partial charge in [0, 0.05) is 35.7 Å². The number of nitrogens with zero attached hydrogens (tertiary/aromatic N) is 1. The third kappa shape index (κ3) is 7.22. The quantitative estimate of drug-likeness (QED) is 0.727. The van der Waals surface area contributed by atoms with Crippen molar-refractivity contribution in [3.05, 3.63) is 28.2 Å². The number of carbonyl (C=O) groups excluding carboxylic acids is 1. The third-order valence-electron chi connectivity index (χ3n) is 3.14. The number of hydrogen-bond donors (Lipinski definition) is 2. The minimum absolute atomic E-state index is 0.0610. The average molecular weight is 387 g/mol. The van der Waals surface area contributed by atoms with Crippen molar-refractivity contribution < 1.29 is 14.6 Å². The zero-order chi connectivity index (χ0) is 17.6. The van der Waals surface area contributed by atoms with Crippen LogP contribution in [0.15, 0.2) is 22.7 Å². The van der Waals surface area contributed by atoms with E-state index in [1.54, 1.807) is 17.0 Å². The minimum Gasteiger partial charge on any atom is -0.508 e. The molecule has 0 aromatic heterocycles. The molecule has 1 amide bonds. The molecule has 6 heteroatoms. The van der Waals surface area contributed by atoms with Crippen molar-refractivity contribution in [3.8, 4) is 5.75 Å². The van der Waals surface area contributed by atoms with Crippen LogP contribution < -0.4 is 5.32 Å². The zero-order valence-electron chi connectivity index (χ0n) is 14.5. The lowest BCUT2D eigenvalue weighted by Gasteiger charge is -2.30. The lowest BCUT2D eigenvalue weighted by Crippen LogP contribution is -2.44. The van der Waals surface area contributed by atoms with Gasteiger partial charge in [0.05, 0.1) is 0 Å². The van der Waals surface area contributed by atoms with E-state index in [1.807, 2.05) is 40.7 Å². The monoisotopic (exact) mass is 386 g/mol. The molecular weight excluding hydrogens is 360 g/mol. The highest BCUT2D eigenvalue weighted by molar-refractivity contribution is 9.10. The summed E-state index contributed by atoms with van der Waals surface area (Å²) in [4.78, 5) is 13.9. The van der Waals surface area contributed by atoms with Gasteiger partial charge in [0.15, 0.2) is 0 Å². The summed E-state index contributed by atoms with van der Waals surface area (Å²) in [7, 11) is 0. The summed E-state index contributed by atoms with van der Waals surface area (Å²) in [6.45, 7) is 11.2. The fourth-order valence-corrected chi connectivity index (χ4v) is 2.41. The molecular formula is C17H27BrN2O3. The van der Waals surface area contributed by atoms with Gasteiger partial charge in [0.25, 0.3) is 0 Å². The van der Waals surface area contributed by atoms with Gasteiger partial charge in [-0.1, -0.05) is 15.9 Å². The Balaban J connectivity index is 2.50. The average Bonchev–Trinajstić information content (AvgIpc) is 2.39. The van der Waals surface area contributed by atoms with Crippen molar-refractivity contribution in [1.82, 2.24) is 10.2 Å². The van der Waals surface area contributed by atoms with Crippen LogP contribution >= 0.6 is 15.9 Å². The SMILES string of the molecule is CC(C)N(CCNCc1cc(Br)ccc1O)C(=O)OC(C)(C)C. The highest BCUT2D eigenvalue weighted by Crippen LogP contribution is 2.21. The minimum atomic E-state index is -0.500. The highest BCUT2D eigenvalue weighted by Gasteiger charge is 2.23. The maximum Gasteiger partial charge on any atom is 0.410 e. The Hall–Kier alpha value is -1.27. The molecule has 0 radical (unpaired) electrons. The predicted octanol–water partition coefficient (Wildman–Crippen LogP) is 3.89. The number of phenols is 1. The molecule has 0 saturated carbocycles. The van der Waals surface area contributed by atoms with E-state index in [2.05, 4.69) is 21.2 Å². The van der Waals surface area contributed by atoms with Crippen LogP contribution in [-0.2, 0) is 11.3 Å². The summed E-state index contributed by atoms with van der Waals surface area (Å²) in [5.74, 6) is 0.258. The number of aromatic hydroxyl groups is 1. The summed E-state index contributed by atoms with van der Waals surface area (Å²) < 4.78 is 6.35. The first-order chi connectivity index (χ1) is 10.6. The molecule has 0 aliphatic carbocycles. The van der Waals surface area contributed by atoms with Gasteiger partial charge in [-0.15, -0.1) is 0 Å². The molecule has 0 saturated heterocycles. The molecule has 0 aliphatic rings. The fraction of sp³-hybridized carbons (Fsp3) is 0.588. The smallest absolute Gasteiger partial charge is 0.410 e. The normalized spacial score (nSPS) is 11.6. The Bertz CT molecular complexity index is 527. The second kappa shape index (κ2) is 8.55. The Morgan fingerprint density at radius 3 is 2.61 bits per heavy atom. The molecule has 0 spiro atoms. The van der Waals surface area contributed by atoms with Crippen molar-refractivity contribution in [1.29, 1.82) is 0 Å². The van der Waals surface area contributed by atoms with E-state index >= 15 is 0 Å². The predicted molar refractivity (Wildman–Crippen MR) is 95.6 cm³/mol. The van der Waals surface area contributed by atoms with E-state index in [-0.39, 0.29) is 17.9 Å². The lowest BCUT2D eigenvalue weighted by atomic mass is 10.2. The first-order valence-electron chi connectivity index (χ1n) is 7.78. The van der Waals surface area contributed by atoms with Gasteiger partial charge in [-0.25, -0.2) is 4.79 Å². The summed E-state index contributed by atoms with van der Waals surface area (Å²) in [6.07, 6.45) is -0.306. The number of benzene rings is 1. The van der Waals surface area contributed by atoms with Gasteiger partial charge in [0.2, 0.25) is 0 Å². The van der Waals surface area contributed by atoms with Crippen molar-refractivity contribution in [3.63, 3.8) is 0 Å². The van der Waals surface area contributed by atoms with Crippen LogP contribution in [0.5, 0.6) is 5.75 Å². The molecule has 0 atom stereocenters.